The third kappa shape index (κ3) is 2.52. The monoisotopic (exact) mass is 216 g/mol. The van der Waals surface area contributed by atoms with Crippen molar-refractivity contribution in [1.29, 1.82) is 5.26 Å². The van der Waals surface area contributed by atoms with Crippen molar-refractivity contribution in [2.24, 2.45) is 0 Å². The lowest BCUT2D eigenvalue weighted by Gasteiger charge is -2.04. The lowest BCUT2D eigenvalue weighted by Crippen LogP contribution is -2.30. The van der Waals surface area contributed by atoms with E-state index in [4.69, 9.17) is 5.26 Å². The van der Waals surface area contributed by atoms with Gasteiger partial charge in [-0.2, -0.15) is 9.98 Å². The SMILES string of the molecule is CC(C#N)NS(=O)(=O)c1cccs1. The number of nitrogens with one attached hydrogen (secondary N) is 1. The topological polar surface area (TPSA) is 70.0 Å². The first kappa shape index (κ1) is 10.2. The summed E-state index contributed by atoms with van der Waals surface area (Å²) in [5, 5.41) is 10.1. The van der Waals surface area contributed by atoms with Crippen LogP contribution in [0.15, 0.2) is 21.7 Å². The Bertz CT molecular complexity index is 402. The van der Waals surface area contributed by atoms with E-state index in [1.165, 1.54) is 13.0 Å². The van der Waals surface area contributed by atoms with Crippen LogP contribution in [0.25, 0.3) is 0 Å². The van der Waals surface area contributed by atoms with Gasteiger partial charge >= 0.3 is 0 Å². The highest BCUT2D eigenvalue weighted by Crippen LogP contribution is 2.15. The smallest absolute Gasteiger partial charge is 0.206 e. The number of hydrogen-bond acceptors (Lipinski definition) is 4. The van der Waals surface area contributed by atoms with E-state index in [0.29, 0.717) is 0 Å². The molecule has 4 nitrogen and oxygen atoms in total. The second kappa shape index (κ2) is 3.87. The molecule has 0 saturated heterocycles. The van der Waals surface area contributed by atoms with Crippen molar-refractivity contribution < 1.29 is 8.42 Å². The summed E-state index contributed by atoms with van der Waals surface area (Å²) in [6.45, 7) is 1.49. The molecule has 70 valence electrons. The van der Waals surface area contributed by atoms with Gasteiger partial charge in [-0.3, -0.25) is 0 Å². The molecular formula is C7H8N2O2S2. The van der Waals surface area contributed by atoms with Crippen molar-refractivity contribution in [3.8, 4) is 6.07 Å². The van der Waals surface area contributed by atoms with Gasteiger partial charge < -0.3 is 0 Å². The third-order valence-electron chi connectivity index (χ3n) is 1.29. The van der Waals surface area contributed by atoms with Crippen LogP contribution in [0, 0.1) is 11.3 Å². The van der Waals surface area contributed by atoms with Crippen molar-refractivity contribution in [2.75, 3.05) is 0 Å². The molecular weight excluding hydrogens is 208 g/mol. The normalized spacial score (nSPS) is 13.5. The molecule has 1 heterocycles. The van der Waals surface area contributed by atoms with E-state index in [-0.39, 0.29) is 4.21 Å². The zero-order chi connectivity index (χ0) is 9.90. The van der Waals surface area contributed by atoms with Crippen LogP contribution in [0.2, 0.25) is 0 Å². The van der Waals surface area contributed by atoms with E-state index in [0.717, 1.165) is 11.3 Å². The summed E-state index contributed by atoms with van der Waals surface area (Å²) in [6.07, 6.45) is 0. The first-order valence-electron chi connectivity index (χ1n) is 3.52. The zero-order valence-electron chi connectivity index (χ0n) is 6.89. The molecule has 0 aliphatic carbocycles. The van der Waals surface area contributed by atoms with Crippen molar-refractivity contribution in [3.63, 3.8) is 0 Å². The number of thiophene rings is 1. The van der Waals surface area contributed by atoms with E-state index in [9.17, 15) is 8.42 Å². The molecule has 0 amide bonds. The maximum Gasteiger partial charge on any atom is 0.251 e. The van der Waals surface area contributed by atoms with Gasteiger partial charge in [0, 0.05) is 0 Å². The molecule has 0 aromatic carbocycles. The highest BCUT2D eigenvalue weighted by molar-refractivity contribution is 7.91. The molecule has 1 atom stereocenters. The fourth-order valence-electron chi connectivity index (χ4n) is 0.734. The zero-order valence-corrected chi connectivity index (χ0v) is 8.52. The minimum atomic E-state index is -3.48. The predicted octanol–water partition coefficient (Wildman–Crippen LogP) is 0.938. The Morgan fingerprint density at radius 3 is 2.85 bits per heavy atom. The van der Waals surface area contributed by atoms with Gasteiger partial charge in [-0.15, -0.1) is 11.3 Å². The summed E-state index contributed by atoms with van der Waals surface area (Å²) >= 11 is 1.12. The average Bonchev–Trinajstić information content (AvgIpc) is 2.55. The summed E-state index contributed by atoms with van der Waals surface area (Å²) < 4.78 is 25.3. The van der Waals surface area contributed by atoms with Crippen LogP contribution in [0.1, 0.15) is 6.92 Å². The second-order valence-corrected chi connectivity index (χ2v) is 5.29. The molecule has 1 unspecified atom stereocenters. The van der Waals surface area contributed by atoms with Crippen LogP contribution in [-0.2, 0) is 10.0 Å². The fraction of sp³-hybridized carbons (Fsp3) is 0.286. The van der Waals surface area contributed by atoms with E-state index < -0.39 is 16.1 Å². The molecule has 1 aromatic heterocycles. The average molecular weight is 216 g/mol. The summed E-state index contributed by atoms with van der Waals surface area (Å²) in [5.74, 6) is 0. The van der Waals surface area contributed by atoms with Gasteiger partial charge in [0.2, 0.25) is 0 Å². The summed E-state index contributed by atoms with van der Waals surface area (Å²) in [5.41, 5.74) is 0. The Morgan fingerprint density at radius 1 is 1.69 bits per heavy atom. The minimum Gasteiger partial charge on any atom is -0.206 e. The Labute approximate surface area is 80.9 Å². The van der Waals surface area contributed by atoms with E-state index >= 15 is 0 Å². The molecule has 0 aliphatic rings. The van der Waals surface area contributed by atoms with Gasteiger partial charge in [0.1, 0.15) is 10.3 Å². The van der Waals surface area contributed by atoms with Crippen LogP contribution in [0.5, 0.6) is 0 Å². The highest BCUT2D eigenvalue weighted by Gasteiger charge is 2.17. The minimum absolute atomic E-state index is 0.231. The molecule has 0 saturated carbocycles. The van der Waals surface area contributed by atoms with Crippen LogP contribution >= 0.6 is 11.3 Å². The summed E-state index contributed by atoms with van der Waals surface area (Å²) in [4.78, 5) is 0. The molecule has 1 N–H and O–H groups in total. The Hall–Kier alpha value is -0.900. The van der Waals surface area contributed by atoms with Gasteiger partial charge in [-0.25, -0.2) is 8.42 Å². The number of nitrogens with zero attached hydrogens (tertiary/aromatic N) is 1. The molecule has 0 aliphatic heterocycles. The standard InChI is InChI=1S/C7H8N2O2S2/c1-6(5-8)9-13(10,11)7-3-2-4-12-7/h2-4,6,9H,1H3. The number of sulfonamides is 1. The maximum atomic E-state index is 11.4. The molecule has 13 heavy (non-hydrogen) atoms. The lowest BCUT2D eigenvalue weighted by atomic mass is 10.4. The van der Waals surface area contributed by atoms with Crippen LogP contribution in [0.3, 0.4) is 0 Å². The Morgan fingerprint density at radius 2 is 2.38 bits per heavy atom. The third-order valence-corrected chi connectivity index (χ3v) is 4.22. The fourth-order valence-corrected chi connectivity index (χ4v) is 2.89. The molecule has 6 heteroatoms. The maximum absolute atomic E-state index is 11.4. The van der Waals surface area contributed by atoms with Gasteiger partial charge in [-0.05, 0) is 18.4 Å². The Kier molecular flexibility index (Phi) is 3.03. The van der Waals surface area contributed by atoms with Gasteiger partial charge in [-0.1, -0.05) is 6.07 Å². The largest absolute Gasteiger partial charge is 0.251 e. The molecule has 0 radical (unpaired) electrons. The molecule has 0 bridgehead atoms. The van der Waals surface area contributed by atoms with Crippen molar-refractivity contribution in [3.05, 3.63) is 17.5 Å². The van der Waals surface area contributed by atoms with E-state index in [1.54, 1.807) is 17.5 Å². The summed E-state index contributed by atoms with van der Waals surface area (Å²) in [6, 6.07) is 4.24. The van der Waals surface area contributed by atoms with Crippen LogP contribution < -0.4 is 4.72 Å². The van der Waals surface area contributed by atoms with Crippen molar-refractivity contribution in [2.45, 2.75) is 17.2 Å². The quantitative estimate of drug-likeness (QED) is 0.817. The van der Waals surface area contributed by atoms with Crippen molar-refractivity contribution >= 4 is 21.4 Å². The summed E-state index contributed by atoms with van der Waals surface area (Å²) in [7, 11) is -3.48. The van der Waals surface area contributed by atoms with Crippen LogP contribution in [-0.4, -0.2) is 14.5 Å². The molecule has 1 rings (SSSR count). The highest BCUT2D eigenvalue weighted by atomic mass is 32.2. The number of rotatable bonds is 3. The van der Waals surface area contributed by atoms with E-state index in [2.05, 4.69) is 4.72 Å². The lowest BCUT2D eigenvalue weighted by molar-refractivity contribution is 0.579. The second-order valence-electron chi connectivity index (χ2n) is 2.40. The predicted molar refractivity (Wildman–Crippen MR) is 49.7 cm³/mol. The Balaban J connectivity index is 2.87. The molecule has 1 aromatic rings. The molecule has 0 fully saturated rings. The van der Waals surface area contributed by atoms with Crippen molar-refractivity contribution in [1.82, 2.24) is 4.72 Å². The molecule has 0 spiro atoms. The first-order valence-corrected chi connectivity index (χ1v) is 5.88. The van der Waals surface area contributed by atoms with Gasteiger partial charge in [0.25, 0.3) is 10.0 Å². The number of hydrogen-bond donors (Lipinski definition) is 1. The number of nitriles is 1. The van der Waals surface area contributed by atoms with Crippen LogP contribution in [0.4, 0.5) is 0 Å². The van der Waals surface area contributed by atoms with Gasteiger partial charge in [0.15, 0.2) is 0 Å². The van der Waals surface area contributed by atoms with Gasteiger partial charge in [0.05, 0.1) is 6.07 Å². The van der Waals surface area contributed by atoms with E-state index in [1.807, 2.05) is 0 Å². The first-order chi connectivity index (χ1) is 6.06.